The highest BCUT2D eigenvalue weighted by atomic mass is 79.9. The van der Waals surface area contributed by atoms with E-state index in [1.54, 1.807) is 7.11 Å². The highest BCUT2D eigenvalue weighted by Gasteiger charge is 2.53. The number of para-hydroxylation sites is 1. The zero-order valence-corrected chi connectivity index (χ0v) is 13.9. The van der Waals surface area contributed by atoms with Gasteiger partial charge in [0.05, 0.1) is 11.6 Å². The van der Waals surface area contributed by atoms with Crippen LogP contribution in [-0.4, -0.2) is 18.6 Å². The van der Waals surface area contributed by atoms with Gasteiger partial charge >= 0.3 is 0 Å². The van der Waals surface area contributed by atoms with Crippen molar-refractivity contribution in [3.05, 3.63) is 22.7 Å². The van der Waals surface area contributed by atoms with Gasteiger partial charge in [0, 0.05) is 17.2 Å². The van der Waals surface area contributed by atoms with Crippen LogP contribution < -0.4 is 9.47 Å². The van der Waals surface area contributed by atoms with E-state index < -0.39 is 0 Å². The molecular formula is C15H20BrClO2. The van der Waals surface area contributed by atoms with Gasteiger partial charge in [-0.2, -0.15) is 0 Å². The maximum Gasteiger partial charge on any atom is 0.175 e. The van der Waals surface area contributed by atoms with Crippen LogP contribution in [0.4, 0.5) is 0 Å². The lowest BCUT2D eigenvalue weighted by atomic mass is 9.62. The molecule has 2 atom stereocenters. The van der Waals surface area contributed by atoms with E-state index in [-0.39, 0.29) is 16.9 Å². The Bertz CT molecular complexity index is 446. The van der Waals surface area contributed by atoms with Gasteiger partial charge in [0.25, 0.3) is 0 Å². The van der Waals surface area contributed by atoms with Crippen LogP contribution in [0.5, 0.6) is 11.5 Å². The highest BCUT2D eigenvalue weighted by molar-refractivity contribution is 9.10. The standard InChI is InChI=1S/C15H20BrClO2/c1-4-15(5-2)12(17)9-13(15)19-14-10(16)7-6-8-11(14)18-3/h6-8,12-13H,4-5,9H2,1-3H3. The number of hydrogen-bond acceptors (Lipinski definition) is 2. The van der Waals surface area contributed by atoms with Crippen molar-refractivity contribution in [3.8, 4) is 11.5 Å². The van der Waals surface area contributed by atoms with Gasteiger partial charge in [-0.25, -0.2) is 0 Å². The first kappa shape index (κ1) is 15.0. The summed E-state index contributed by atoms with van der Waals surface area (Å²) in [5, 5.41) is 0.209. The number of benzene rings is 1. The summed E-state index contributed by atoms with van der Waals surface area (Å²) >= 11 is 9.95. The van der Waals surface area contributed by atoms with Gasteiger partial charge in [-0.05, 0) is 40.9 Å². The first-order chi connectivity index (χ1) is 9.08. The molecule has 2 nitrogen and oxygen atoms in total. The van der Waals surface area contributed by atoms with E-state index >= 15 is 0 Å². The third-order valence-corrected chi connectivity index (χ3v) is 5.65. The molecule has 1 aliphatic rings. The molecule has 0 aromatic heterocycles. The lowest BCUT2D eigenvalue weighted by Crippen LogP contribution is -2.56. The van der Waals surface area contributed by atoms with Gasteiger partial charge in [0.1, 0.15) is 6.10 Å². The van der Waals surface area contributed by atoms with Crippen LogP contribution in [0.1, 0.15) is 33.1 Å². The zero-order chi connectivity index (χ0) is 14.0. The molecule has 4 heteroatoms. The number of halogens is 2. The Morgan fingerprint density at radius 1 is 1.37 bits per heavy atom. The van der Waals surface area contributed by atoms with E-state index in [2.05, 4.69) is 29.8 Å². The minimum absolute atomic E-state index is 0.0852. The minimum Gasteiger partial charge on any atom is -0.493 e. The molecule has 0 heterocycles. The number of ether oxygens (including phenoxy) is 2. The zero-order valence-electron chi connectivity index (χ0n) is 11.6. The van der Waals surface area contributed by atoms with Crippen molar-refractivity contribution < 1.29 is 9.47 Å². The van der Waals surface area contributed by atoms with Crippen LogP contribution >= 0.6 is 27.5 Å². The molecule has 1 aromatic rings. The molecule has 106 valence electrons. The molecule has 1 saturated carbocycles. The Hall–Kier alpha value is -0.410. The Morgan fingerprint density at radius 2 is 2.05 bits per heavy atom. The van der Waals surface area contributed by atoms with Crippen molar-refractivity contribution in [2.24, 2.45) is 5.41 Å². The smallest absolute Gasteiger partial charge is 0.175 e. The maximum atomic E-state index is 6.42. The Labute approximate surface area is 128 Å². The fourth-order valence-corrected chi connectivity index (χ4v) is 3.97. The van der Waals surface area contributed by atoms with Gasteiger partial charge in [-0.15, -0.1) is 11.6 Å². The van der Waals surface area contributed by atoms with Crippen LogP contribution in [0.2, 0.25) is 0 Å². The second-order valence-corrected chi connectivity index (χ2v) is 6.40. The minimum atomic E-state index is 0.0852. The van der Waals surface area contributed by atoms with E-state index in [0.29, 0.717) is 0 Å². The molecule has 0 saturated heterocycles. The molecule has 0 radical (unpaired) electrons. The van der Waals surface area contributed by atoms with E-state index in [1.807, 2.05) is 18.2 Å². The molecule has 0 aliphatic heterocycles. The van der Waals surface area contributed by atoms with Gasteiger partial charge in [-0.3, -0.25) is 0 Å². The predicted octanol–water partition coefficient (Wildman–Crippen LogP) is 5.02. The van der Waals surface area contributed by atoms with Crippen molar-refractivity contribution in [3.63, 3.8) is 0 Å². The van der Waals surface area contributed by atoms with Crippen molar-refractivity contribution in [1.82, 2.24) is 0 Å². The molecular weight excluding hydrogens is 328 g/mol. The summed E-state index contributed by atoms with van der Waals surface area (Å²) in [6.07, 6.45) is 3.13. The van der Waals surface area contributed by atoms with Crippen LogP contribution in [0, 0.1) is 5.41 Å². The highest BCUT2D eigenvalue weighted by Crippen LogP contribution is 2.53. The number of methoxy groups -OCH3 is 1. The average Bonchev–Trinajstić information content (AvgIpc) is 2.41. The summed E-state index contributed by atoms with van der Waals surface area (Å²) in [4.78, 5) is 0. The van der Waals surface area contributed by atoms with Crippen LogP contribution in [0.25, 0.3) is 0 Å². The molecule has 1 aromatic carbocycles. The van der Waals surface area contributed by atoms with E-state index in [0.717, 1.165) is 35.2 Å². The summed E-state index contributed by atoms with van der Waals surface area (Å²) in [6.45, 7) is 4.37. The fraction of sp³-hybridized carbons (Fsp3) is 0.600. The number of alkyl halides is 1. The number of rotatable bonds is 5. The van der Waals surface area contributed by atoms with Crippen LogP contribution in [0.15, 0.2) is 22.7 Å². The molecule has 0 amide bonds. The second-order valence-electron chi connectivity index (χ2n) is 5.02. The van der Waals surface area contributed by atoms with Crippen molar-refractivity contribution >= 4 is 27.5 Å². The average molecular weight is 348 g/mol. The number of hydrogen-bond donors (Lipinski definition) is 0. The lowest BCUT2D eigenvalue weighted by molar-refractivity contribution is -0.0476. The quantitative estimate of drug-likeness (QED) is 0.696. The predicted molar refractivity (Wildman–Crippen MR) is 82.4 cm³/mol. The third-order valence-electron chi connectivity index (χ3n) is 4.41. The Balaban J connectivity index is 2.23. The monoisotopic (exact) mass is 346 g/mol. The molecule has 0 N–H and O–H groups in total. The SMILES string of the molecule is CCC1(CC)C(Cl)CC1Oc1c(Br)cccc1OC. The van der Waals surface area contributed by atoms with Crippen LogP contribution in [-0.2, 0) is 0 Å². The first-order valence-corrected chi connectivity index (χ1v) is 7.95. The molecule has 0 bridgehead atoms. The van der Waals surface area contributed by atoms with E-state index in [9.17, 15) is 0 Å². The summed E-state index contributed by atoms with van der Waals surface area (Å²) in [7, 11) is 1.66. The van der Waals surface area contributed by atoms with Crippen LogP contribution in [0.3, 0.4) is 0 Å². The Kier molecular flexibility index (Phi) is 4.67. The summed E-state index contributed by atoms with van der Waals surface area (Å²) < 4.78 is 12.5. The van der Waals surface area contributed by atoms with E-state index in [4.69, 9.17) is 21.1 Å². The van der Waals surface area contributed by atoms with Gasteiger partial charge < -0.3 is 9.47 Å². The maximum absolute atomic E-state index is 6.42. The lowest BCUT2D eigenvalue weighted by Gasteiger charge is -2.52. The molecule has 19 heavy (non-hydrogen) atoms. The fourth-order valence-electron chi connectivity index (χ4n) is 2.92. The largest absolute Gasteiger partial charge is 0.493 e. The molecule has 0 spiro atoms. The van der Waals surface area contributed by atoms with Crippen molar-refractivity contribution in [1.29, 1.82) is 0 Å². The molecule has 1 fully saturated rings. The Morgan fingerprint density at radius 3 is 2.58 bits per heavy atom. The third kappa shape index (κ3) is 2.47. The molecule has 1 aliphatic carbocycles. The summed E-state index contributed by atoms with van der Waals surface area (Å²) in [5.41, 5.74) is 0.0852. The molecule has 2 rings (SSSR count). The topological polar surface area (TPSA) is 18.5 Å². The van der Waals surface area contributed by atoms with Gasteiger partial charge in [0.15, 0.2) is 11.5 Å². The van der Waals surface area contributed by atoms with Gasteiger partial charge in [0.2, 0.25) is 0 Å². The summed E-state index contributed by atoms with van der Waals surface area (Å²) in [5.74, 6) is 1.54. The van der Waals surface area contributed by atoms with E-state index in [1.165, 1.54) is 0 Å². The second kappa shape index (κ2) is 5.92. The molecule has 2 unspecified atom stereocenters. The van der Waals surface area contributed by atoms with Gasteiger partial charge in [-0.1, -0.05) is 19.9 Å². The summed E-state index contributed by atoms with van der Waals surface area (Å²) in [6, 6.07) is 5.82. The van der Waals surface area contributed by atoms with Crippen molar-refractivity contribution in [2.45, 2.75) is 44.6 Å². The normalized spacial score (nSPS) is 24.7. The van der Waals surface area contributed by atoms with Crippen molar-refractivity contribution in [2.75, 3.05) is 7.11 Å². The first-order valence-electron chi connectivity index (χ1n) is 6.72.